The Morgan fingerprint density at radius 2 is 2.04 bits per heavy atom. The van der Waals surface area contributed by atoms with Crippen molar-refractivity contribution in [3.05, 3.63) is 49.8 Å². The zero-order chi connectivity index (χ0) is 16.7. The zero-order valence-corrected chi connectivity index (χ0v) is 12.8. The molecule has 0 aliphatic rings. The number of anilines is 1. The van der Waals surface area contributed by atoms with Gasteiger partial charge in [0.1, 0.15) is 23.3 Å². The topological polar surface area (TPSA) is 117 Å². The molecule has 3 rings (SSSR count). The zero-order valence-electron chi connectivity index (χ0n) is 12.8. The van der Waals surface area contributed by atoms with Crippen LogP contribution in [0.4, 0.5) is 5.82 Å². The molecular weight excluding hydrogens is 294 g/mol. The minimum atomic E-state index is 0.544. The van der Waals surface area contributed by atoms with E-state index < -0.39 is 0 Å². The predicted octanol–water partition coefficient (Wildman–Crippen LogP) is 0.944. The van der Waals surface area contributed by atoms with Gasteiger partial charge in [0, 0.05) is 45.1 Å². The molecule has 3 aromatic rings. The number of nitrogen functional groups attached to an aromatic ring is 1. The summed E-state index contributed by atoms with van der Waals surface area (Å²) in [4.78, 5) is 9.55. The summed E-state index contributed by atoms with van der Waals surface area (Å²) in [5, 5.41) is 15.2. The van der Waals surface area contributed by atoms with E-state index >= 15 is 0 Å². The van der Waals surface area contributed by atoms with Crippen LogP contribution in [0, 0.1) is 11.3 Å². The monoisotopic (exact) mass is 311 g/mol. The van der Waals surface area contributed by atoms with Crippen molar-refractivity contribution in [1.29, 1.82) is 5.26 Å². The van der Waals surface area contributed by atoms with Crippen LogP contribution in [0.25, 0.3) is 11.4 Å². The van der Waals surface area contributed by atoms with Crippen LogP contribution in [0.5, 0.6) is 0 Å². The highest BCUT2D eigenvalue weighted by atomic mass is 15.2. The summed E-state index contributed by atoms with van der Waals surface area (Å²) >= 11 is 0. The minimum absolute atomic E-state index is 0.544. The lowest BCUT2D eigenvalue weighted by Crippen LogP contribution is -2.04. The normalized spacial score (nSPS) is 10.6. The fraction of sp³-hybridized carbons (Fsp3) is 0.143. The Morgan fingerprint density at radius 1 is 1.30 bits per heavy atom. The van der Waals surface area contributed by atoms with Crippen LogP contribution in [0.3, 0.4) is 0 Å². The van der Waals surface area contributed by atoms with E-state index in [4.69, 9.17) is 11.0 Å². The summed E-state index contributed by atoms with van der Waals surface area (Å²) in [7, 11) is 3.74. The fourth-order valence-electron chi connectivity index (χ4n) is 1.70. The Balaban J connectivity index is 0.000000167. The van der Waals surface area contributed by atoms with E-state index in [2.05, 4.69) is 26.2 Å². The first-order chi connectivity index (χ1) is 11.1. The Hall–Kier alpha value is -3.54. The molecule has 0 fully saturated rings. The summed E-state index contributed by atoms with van der Waals surface area (Å²) in [6.07, 6.45) is 13.5. The van der Waals surface area contributed by atoms with Crippen LogP contribution in [-0.2, 0) is 0 Å². The number of imidazole rings is 2. The van der Waals surface area contributed by atoms with Gasteiger partial charge in [0.2, 0.25) is 0 Å². The minimum Gasteiger partial charge on any atom is -0.382 e. The first kappa shape index (κ1) is 15.8. The smallest absolute Gasteiger partial charge is 0.143 e. The van der Waals surface area contributed by atoms with Crippen molar-refractivity contribution in [3.8, 4) is 11.8 Å². The van der Waals surface area contributed by atoms with Crippen molar-refractivity contribution in [1.82, 2.24) is 34.2 Å². The highest BCUT2D eigenvalue weighted by Crippen LogP contribution is 2.11. The average Bonchev–Trinajstić information content (AvgIpc) is 3.26. The van der Waals surface area contributed by atoms with Gasteiger partial charge in [-0.25, -0.2) is 9.97 Å². The van der Waals surface area contributed by atoms with Crippen molar-refractivity contribution < 1.29 is 0 Å². The Bertz CT molecular complexity index is 773. The largest absolute Gasteiger partial charge is 0.382 e. The fourth-order valence-corrected chi connectivity index (χ4v) is 1.70. The highest BCUT2D eigenvalue weighted by molar-refractivity contribution is 5.59. The van der Waals surface area contributed by atoms with Gasteiger partial charge in [-0.05, 0) is 0 Å². The average molecular weight is 311 g/mol. The lowest BCUT2D eigenvalue weighted by molar-refractivity contribution is 0.563. The second-order valence-electron chi connectivity index (χ2n) is 4.70. The Morgan fingerprint density at radius 3 is 2.52 bits per heavy atom. The van der Waals surface area contributed by atoms with Crippen LogP contribution in [0.1, 0.15) is 0 Å². The molecule has 9 heteroatoms. The third-order valence-electron chi connectivity index (χ3n) is 2.71. The second-order valence-corrected chi connectivity index (χ2v) is 4.70. The lowest BCUT2D eigenvalue weighted by Gasteiger charge is -2.05. The van der Waals surface area contributed by atoms with Gasteiger partial charge < -0.3 is 15.2 Å². The maximum Gasteiger partial charge on any atom is 0.143 e. The van der Waals surface area contributed by atoms with Gasteiger partial charge in [-0.2, -0.15) is 10.4 Å². The van der Waals surface area contributed by atoms with Crippen LogP contribution in [0.2, 0.25) is 0 Å². The second kappa shape index (κ2) is 7.46. The number of nitrogens with two attached hydrogens (primary N) is 1. The summed E-state index contributed by atoms with van der Waals surface area (Å²) < 4.78 is 3.46. The van der Waals surface area contributed by atoms with Crippen LogP contribution >= 0.6 is 0 Å². The molecule has 0 bridgehead atoms. The molecule has 3 heterocycles. The molecule has 0 atom stereocenters. The van der Waals surface area contributed by atoms with Crippen molar-refractivity contribution >= 4 is 11.5 Å². The number of rotatable bonds is 3. The molecule has 0 aromatic carbocycles. The third kappa shape index (κ3) is 4.21. The van der Waals surface area contributed by atoms with E-state index in [-0.39, 0.29) is 0 Å². The molecular formula is C14H17N9. The van der Waals surface area contributed by atoms with Crippen molar-refractivity contribution in [2.75, 3.05) is 19.8 Å². The predicted molar refractivity (Wildman–Crippen MR) is 85.9 cm³/mol. The first-order valence-electron chi connectivity index (χ1n) is 6.65. The maximum absolute atomic E-state index is 8.75. The van der Waals surface area contributed by atoms with Gasteiger partial charge in [0.15, 0.2) is 0 Å². The lowest BCUT2D eigenvalue weighted by atomic mass is 10.5. The molecule has 0 saturated heterocycles. The number of nitrogens with one attached hydrogen (secondary N) is 1. The van der Waals surface area contributed by atoms with E-state index in [1.54, 1.807) is 59.0 Å². The molecule has 3 N–H and O–H groups in total. The highest BCUT2D eigenvalue weighted by Gasteiger charge is 2.00. The molecule has 0 unspecified atom stereocenters. The van der Waals surface area contributed by atoms with Crippen molar-refractivity contribution in [2.24, 2.45) is 0 Å². The number of H-pyrrole nitrogens is 1. The van der Waals surface area contributed by atoms with E-state index in [9.17, 15) is 0 Å². The Kier molecular flexibility index (Phi) is 5.14. The standard InChI is InChI=1S/C8H10N4.C6H7N5/c1-11(2)6-8(5-9)12-4-3-10-7-12;7-6-5(3-9-10-6)11-2-1-8-4-11/h3-4,6-7H,1-2H3;1-4H,(H3,7,9,10)/b8-6+;. The van der Waals surface area contributed by atoms with Gasteiger partial charge in [-0.1, -0.05) is 0 Å². The molecule has 0 aliphatic carbocycles. The summed E-state index contributed by atoms with van der Waals surface area (Å²) in [6.45, 7) is 0. The van der Waals surface area contributed by atoms with E-state index in [0.717, 1.165) is 5.69 Å². The van der Waals surface area contributed by atoms with E-state index in [1.165, 1.54) is 0 Å². The van der Waals surface area contributed by atoms with E-state index in [0.29, 0.717) is 11.5 Å². The molecule has 3 aromatic heterocycles. The summed E-state index contributed by atoms with van der Waals surface area (Å²) in [5.74, 6) is 0.544. The number of aromatic amines is 1. The molecule has 0 radical (unpaired) electrons. The first-order valence-corrected chi connectivity index (χ1v) is 6.65. The number of nitrogens with zero attached hydrogens (tertiary/aromatic N) is 7. The molecule has 0 amide bonds. The number of hydrogen-bond donors (Lipinski definition) is 2. The van der Waals surface area contributed by atoms with Gasteiger partial charge in [-0.15, -0.1) is 0 Å². The molecule has 0 saturated carbocycles. The van der Waals surface area contributed by atoms with Gasteiger partial charge >= 0.3 is 0 Å². The molecule has 23 heavy (non-hydrogen) atoms. The summed E-state index contributed by atoms with van der Waals surface area (Å²) in [6, 6.07) is 2.08. The number of allylic oxidation sites excluding steroid dienone is 1. The maximum atomic E-state index is 8.75. The molecule has 118 valence electrons. The number of hydrogen-bond acceptors (Lipinski definition) is 6. The quantitative estimate of drug-likeness (QED) is 0.695. The molecule has 0 spiro atoms. The Labute approximate surface area is 133 Å². The van der Waals surface area contributed by atoms with Gasteiger partial charge in [0.05, 0.1) is 18.9 Å². The van der Waals surface area contributed by atoms with Crippen LogP contribution in [0.15, 0.2) is 49.8 Å². The van der Waals surface area contributed by atoms with Crippen molar-refractivity contribution in [3.63, 3.8) is 0 Å². The molecule has 0 aliphatic heterocycles. The number of nitriles is 1. The third-order valence-corrected chi connectivity index (χ3v) is 2.71. The van der Waals surface area contributed by atoms with E-state index in [1.807, 2.05) is 19.0 Å². The van der Waals surface area contributed by atoms with Gasteiger partial charge in [0.25, 0.3) is 0 Å². The van der Waals surface area contributed by atoms with Gasteiger partial charge in [-0.3, -0.25) is 9.67 Å². The molecule has 9 nitrogen and oxygen atoms in total. The van der Waals surface area contributed by atoms with Crippen LogP contribution in [-0.4, -0.2) is 48.3 Å². The number of aromatic nitrogens is 6. The SMILES string of the molecule is CN(C)/C=C(\C#N)n1ccnc1.Nc1[nH]ncc1-n1ccnc1. The summed E-state index contributed by atoms with van der Waals surface area (Å²) in [5.41, 5.74) is 6.94. The van der Waals surface area contributed by atoms with Crippen LogP contribution < -0.4 is 5.73 Å². The van der Waals surface area contributed by atoms with Crippen molar-refractivity contribution in [2.45, 2.75) is 0 Å².